The maximum atomic E-state index is 11.9. The van der Waals surface area contributed by atoms with Gasteiger partial charge >= 0.3 is 0 Å². The fourth-order valence-corrected chi connectivity index (χ4v) is 5.14. The summed E-state index contributed by atoms with van der Waals surface area (Å²) < 4.78 is 35.3. The van der Waals surface area contributed by atoms with Crippen LogP contribution in [0.1, 0.15) is 24.8 Å². The van der Waals surface area contributed by atoms with Gasteiger partial charge in [0, 0.05) is 19.1 Å². The first-order chi connectivity index (χ1) is 12.9. The number of rotatable bonds is 8. The van der Waals surface area contributed by atoms with Gasteiger partial charge in [-0.05, 0) is 32.4 Å². The predicted octanol–water partition coefficient (Wildman–Crippen LogP) is 3.22. The fourth-order valence-electron chi connectivity index (χ4n) is 3.38. The lowest BCUT2D eigenvalue weighted by Gasteiger charge is -2.25. The van der Waals surface area contributed by atoms with E-state index in [2.05, 4.69) is 16.5 Å². The third-order valence-corrected chi connectivity index (χ3v) is 6.50. The number of hydrogen-bond donors (Lipinski definition) is 0. The van der Waals surface area contributed by atoms with Crippen molar-refractivity contribution in [2.24, 2.45) is 0 Å². The van der Waals surface area contributed by atoms with Gasteiger partial charge in [-0.2, -0.15) is 0 Å². The molecule has 3 rings (SSSR count). The molecule has 1 aliphatic heterocycles. The van der Waals surface area contributed by atoms with Crippen molar-refractivity contribution >= 4 is 9.84 Å². The largest absolute Gasteiger partial charge is 0.493 e. The van der Waals surface area contributed by atoms with Crippen LogP contribution in [0.4, 0.5) is 0 Å². The summed E-state index contributed by atoms with van der Waals surface area (Å²) in [6, 6.07) is 7.64. The minimum atomic E-state index is -2.95. The Morgan fingerprint density at radius 2 is 2.19 bits per heavy atom. The summed E-state index contributed by atoms with van der Waals surface area (Å²) in [7, 11) is -2.95. The van der Waals surface area contributed by atoms with Crippen molar-refractivity contribution in [2.45, 2.75) is 32.9 Å². The Bertz CT molecular complexity index is 904. The molecule has 1 aromatic heterocycles. The highest BCUT2D eigenvalue weighted by Crippen LogP contribution is 2.31. The summed E-state index contributed by atoms with van der Waals surface area (Å²) >= 11 is 0. The van der Waals surface area contributed by atoms with Gasteiger partial charge in [-0.1, -0.05) is 18.2 Å². The van der Waals surface area contributed by atoms with E-state index in [9.17, 15) is 8.42 Å². The van der Waals surface area contributed by atoms with E-state index in [1.165, 1.54) is 0 Å². The third-order valence-electron chi connectivity index (χ3n) is 4.75. The second-order valence-corrected chi connectivity index (χ2v) is 8.95. The van der Waals surface area contributed by atoms with Crippen LogP contribution in [0, 0.1) is 6.92 Å². The van der Waals surface area contributed by atoms with Gasteiger partial charge in [0.15, 0.2) is 9.84 Å². The number of sulfone groups is 1. The van der Waals surface area contributed by atoms with E-state index >= 15 is 0 Å². The van der Waals surface area contributed by atoms with E-state index in [4.69, 9.17) is 9.15 Å². The topological polar surface area (TPSA) is 72.6 Å². The van der Waals surface area contributed by atoms with E-state index < -0.39 is 9.84 Å². The van der Waals surface area contributed by atoms with E-state index in [0.29, 0.717) is 32.0 Å². The van der Waals surface area contributed by atoms with Crippen LogP contribution < -0.4 is 4.74 Å². The van der Waals surface area contributed by atoms with Gasteiger partial charge in [-0.25, -0.2) is 13.4 Å². The number of nitrogens with zero attached hydrogens (tertiary/aromatic N) is 2. The molecule has 7 heteroatoms. The Hall–Kier alpha value is -2.12. The van der Waals surface area contributed by atoms with Gasteiger partial charge < -0.3 is 9.15 Å². The number of aromatic nitrogens is 1. The average molecular weight is 391 g/mol. The number of benzene rings is 1. The molecule has 0 aliphatic carbocycles. The smallest absolute Gasteiger partial charge is 0.230 e. The Morgan fingerprint density at radius 1 is 1.41 bits per heavy atom. The highest BCUT2D eigenvalue weighted by molar-refractivity contribution is 7.91. The second-order valence-electron chi connectivity index (χ2n) is 6.73. The first kappa shape index (κ1) is 19.6. The SMILES string of the molecule is C=CCN(Cc1nc(-c2ccccc2OCC)oc1C)[C@@H]1CCS(=O)(=O)C1. The molecule has 2 aromatic rings. The molecule has 0 radical (unpaired) electrons. The van der Waals surface area contributed by atoms with Gasteiger partial charge in [0.1, 0.15) is 11.5 Å². The van der Waals surface area contributed by atoms with Crippen LogP contribution in [0.15, 0.2) is 41.3 Å². The summed E-state index contributed by atoms with van der Waals surface area (Å²) in [4.78, 5) is 6.79. The van der Waals surface area contributed by atoms with Crippen LogP contribution in [0.2, 0.25) is 0 Å². The van der Waals surface area contributed by atoms with Gasteiger partial charge in [-0.15, -0.1) is 6.58 Å². The molecule has 1 aliphatic rings. The normalized spacial score (nSPS) is 18.7. The molecule has 0 saturated carbocycles. The zero-order chi connectivity index (χ0) is 19.4. The van der Waals surface area contributed by atoms with Crippen molar-refractivity contribution < 1.29 is 17.6 Å². The number of para-hydroxylation sites is 1. The molecule has 6 nitrogen and oxygen atoms in total. The van der Waals surface area contributed by atoms with Crippen molar-refractivity contribution in [1.29, 1.82) is 0 Å². The third kappa shape index (κ3) is 4.59. The molecule has 1 saturated heterocycles. The lowest BCUT2D eigenvalue weighted by molar-refractivity contribution is 0.223. The van der Waals surface area contributed by atoms with Gasteiger partial charge in [0.05, 0.1) is 29.4 Å². The number of ether oxygens (including phenoxy) is 1. The zero-order valence-corrected chi connectivity index (χ0v) is 16.7. The lowest BCUT2D eigenvalue weighted by Crippen LogP contribution is -2.36. The predicted molar refractivity (Wildman–Crippen MR) is 106 cm³/mol. The van der Waals surface area contributed by atoms with Crippen LogP contribution in [0.25, 0.3) is 11.5 Å². The quantitative estimate of drug-likeness (QED) is 0.645. The molecule has 0 bridgehead atoms. The number of oxazole rings is 1. The monoisotopic (exact) mass is 390 g/mol. The Kier molecular flexibility index (Phi) is 6.01. The van der Waals surface area contributed by atoms with Crippen LogP contribution in [-0.2, 0) is 16.4 Å². The molecule has 1 aromatic carbocycles. The lowest BCUT2D eigenvalue weighted by atomic mass is 10.2. The van der Waals surface area contributed by atoms with E-state index in [-0.39, 0.29) is 17.5 Å². The van der Waals surface area contributed by atoms with Crippen LogP contribution in [0.3, 0.4) is 0 Å². The average Bonchev–Trinajstić information content (AvgIpc) is 3.17. The van der Waals surface area contributed by atoms with Gasteiger partial charge in [0.25, 0.3) is 0 Å². The first-order valence-electron chi connectivity index (χ1n) is 9.17. The number of hydrogen-bond acceptors (Lipinski definition) is 6. The molecular formula is C20H26N2O4S. The summed E-state index contributed by atoms with van der Waals surface area (Å²) in [6.07, 6.45) is 2.44. The van der Waals surface area contributed by atoms with E-state index in [1.54, 1.807) is 6.08 Å². The molecule has 0 amide bonds. The van der Waals surface area contributed by atoms with Crippen molar-refractivity contribution in [3.8, 4) is 17.2 Å². The highest BCUT2D eigenvalue weighted by atomic mass is 32.2. The van der Waals surface area contributed by atoms with Gasteiger partial charge in [0.2, 0.25) is 5.89 Å². The molecule has 27 heavy (non-hydrogen) atoms. The van der Waals surface area contributed by atoms with Crippen molar-refractivity contribution in [3.05, 3.63) is 48.4 Å². The van der Waals surface area contributed by atoms with Crippen LogP contribution in [0.5, 0.6) is 5.75 Å². The molecule has 0 unspecified atom stereocenters. The Labute approximate surface area is 160 Å². The summed E-state index contributed by atoms with van der Waals surface area (Å²) in [5, 5.41) is 0. The Morgan fingerprint density at radius 3 is 2.85 bits per heavy atom. The molecule has 0 N–H and O–H groups in total. The summed E-state index contributed by atoms with van der Waals surface area (Å²) in [5.41, 5.74) is 1.62. The molecule has 146 valence electrons. The highest BCUT2D eigenvalue weighted by Gasteiger charge is 2.32. The summed E-state index contributed by atoms with van der Waals surface area (Å²) in [5.74, 6) is 2.42. The number of aryl methyl sites for hydroxylation is 1. The van der Waals surface area contributed by atoms with Gasteiger partial charge in [-0.3, -0.25) is 4.90 Å². The summed E-state index contributed by atoms with van der Waals surface area (Å²) in [6.45, 7) is 9.32. The molecule has 1 fully saturated rings. The first-order valence-corrected chi connectivity index (χ1v) is 11.0. The van der Waals surface area contributed by atoms with Crippen molar-refractivity contribution in [2.75, 3.05) is 24.7 Å². The fraction of sp³-hybridized carbons (Fsp3) is 0.450. The maximum Gasteiger partial charge on any atom is 0.230 e. The molecule has 2 heterocycles. The van der Waals surface area contributed by atoms with Crippen molar-refractivity contribution in [1.82, 2.24) is 9.88 Å². The molecular weight excluding hydrogens is 364 g/mol. The Balaban J connectivity index is 1.84. The minimum absolute atomic E-state index is 0.0109. The maximum absolute atomic E-state index is 11.9. The minimum Gasteiger partial charge on any atom is -0.493 e. The molecule has 1 atom stereocenters. The van der Waals surface area contributed by atoms with E-state index in [1.807, 2.05) is 38.1 Å². The van der Waals surface area contributed by atoms with Crippen molar-refractivity contribution in [3.63, 3.8) is 0 Å². The van der Waals surface area contributed by atoms with Crippen LogP contribution >= 0.6 is 0 Å². The molecule has 0 spiro atoms. The van der Waals surface area contributed by atoms with E-state index in [0.717, 1.165) is 22.8 Å². The standard InChI is InChI=1S/C20H26N2O4S/c1-4-11-22(16-10-12-27(23,24)14-16)13-18-15(3)26-20(21-18)17-8-6-7-9-19(17)25-5-2/h4,6-9,16H,1,5,10-14H2,2-3H3/t16-/m1/s1. The second kappa shape index (κ2) is 8.27. The van der Waals surface area contributed by atoms with Crippen LogP contribution in [-0.4, -0.2) is 49.0 Å². The zero-order valence-electron chi connectivity index (χ0n) is 15.8.